The van der Waals surface area contributed by atoms with Crippen LogP contribution in [-0.2, 0) is 16.0 Å². The second-order valence-electron chi connectivity index (χ2n) is 12.7. The minimum Gasteiger partial charge on any atom is -0.479 e. The number of halogens is 2. The minimum absolute atomic E-state index is 0.0699. The quantitative estimate of drug-likeness (QED) is 0.261. The molecule has 226 valence electrons. The number of nitrogen functional groups attached to an aromatic ring is 1. The van der Waals surface area contributed by atoms with Gasteiger partial charge in [-0.1, -0.05) is 26.0 Å². The molecule has 0 saturated carbocycles. The van der Waals surface area contributed by atoms with E-state index < -0.39 is 23.5 Å². The highest BCUT2D eigenvalue weighted by atomic mass is 19.1. The Morgan fingerprint density at radius 1 is 1.19 bits per heavy atom. The van der Waals surface area contributed by atoms with Gasteiger partial charge in [-0.05, 0) is 76.1 Å². The van der Waals surface area contributed by atoms with E-state index in [1.807, 2.05) is 0 Å². The standard InChI is InChI=1S/C32H41F2N5O3/c1-19-24(27(30(40)41)42-31(2,3)4)26(39-15-12-32(5,6)13-16-39)25(28(35)38-19)21-17-23(34)29(37-18-21)36-14-11-20-7-9-22(33)10-8-20/h7-10,17-18,27H,11-16H2,1-6H3,(H2,35,38)(H,36,37)(H,40,41). The fourth-order valence-electron chi connectivity index (χ4n) is 5.25. The molecule has 4 rings (SSSR count). The summed E-state index contributed by atoms with van der Waals surface area (Å²) in [5.41, 5.74) is 9.06. The van der Waals surface area contributed by atoms with Crippen LogP contribution in [0.3, 0.4) is 0 Å². The van der Waals surface area contributed by atoms with E-state index in [0.29, 0.717) is 54.1 Å². The molecule has 1 aliphatic heterocycles. The lowest BCUT2D eigenvalue weighted by atomic mass is 9.82. The number of nitrogens with one attached hydrogen (secondary N) is 1. The second kappa shape index (κ2) is 12.2. The van der Waals surface area contributed by atoms with Gasteiger partial charge in [0.05, 0.1) is 11.3 Å². The lowest BCUT2D eigenvalue weighted by Crippen LogP contribution is -2.39. The summed E-state index contributed by atoms with van der Waals surface area (Å²) in [6.07, 6.45) is 2.53. The van der Waals surface area contributed by atoms with Crippen molar-refractivity contribution >= 4 is 23.3 Å². The molecule has 0 amide bonds. The molecule has 1 unspecified atom stereocenters. The normalized spacial score (nSPS) is 15.9. The topological polar surface area (TPSA) is 114 Å². The van der Waals surface area contributed by atoms with Gasteiger partial charge in [0.1, 0.15) is 11.6 Å². The van der Waals surface area contributed by atoms with Gasteiger partial charge in [0.2, 0.25) is 0 Å². The lowest BCUT2D eigenvalue weighted by molar-refractivity contribution is -0.160. The highest BCUT2D eigenvalue weighted by molar-refractivity contribution is 5.91. The van der Waals surface area contributed by atoms with Gasteiger partial charge in [0.25, 0.3) is 0 Å². The molecule has 1 fully saturated rings. The zero-order valence-electron chi connectivity index (χ0n) is 25.2. The first-order valence-corrected chi connectivity index (χ1v) is 14.2. The highest BCUT2D eigenvalue weighted by Gasteiger charge is 2.37. The lowest BCUT2D eigenvalue weighted by Gasteiger charge is -2.41. The van der Waals surface area contributed by atoms with Crippen LogP contribution in [0.2, 0.25) is 0 Å². The Balaban J connectivity index is 1.76. The number of piperidine rings is 1. The Hall–Kier alpha value is -3.79. The SMILES string of the molecule is Cc1nc(N)c(-c2cnc(NCCc3ccc(F)cc3)c(F)c2)c(N2CCC(C)(C)CC2)c1C(OC(C)(C)C)C(=O)O. The first kappa shape index (κ1) is 31.2. The predicted octanol–water partition coefficient (Wildman–Crippen LogP) is 6.53. The van der Waals surface area contributed by atoms with Crippen molar-refractivity contribution in [1.82, 2.24) is 9.97 Å². The monoisotopic (exact) mass is 581 g/mol. The van der Waals surface area contributed by atoms with Crippen molar-refractivity contribution in [3.05, 3.63) is 65.0 Å². The fourth-order valence-corrected chi connectivity index (χ4v) is 5.25. The van der Waals surface area contributed by atoms with Gasteiger partial charge < -0.3 is 25.8 Å². The molecule has 4 N–H and O–H groups in total. The second-order valence-corrected chi connectivity index (χ2v) is 12.7. The maximum Gasteiger partial charge on any atom is 0.337 e. The van der Waals surface area contributed by atoms with Gasteiger partial charge in [-0.25, -0.2) is 23.5 Å². The maximum atomic E-state index is 15.4. The summed E-state index contributed by atoms with van der Waals surface area (Å²) in [4.78, 5) is 23.6. The molecule has 10 heteroatoms. The third kappa shape index (κ3) is 7.34. The van der Waals surface area contributed by atoms with Gasteiger partial charge >= 0.3 is 5.97 Å². The van der Waals surface area contributed by atoms with E-state index in [4.69, 9.17) is 10.5 Å². The summed E-state index contributed by atoms with van der Waals surface area (Å²) < 4.78 is 34.7. The van der Waals surface area contributed by atoms with Gasteiger partial charge in [0.15, 0.2) is 17.7 Å². The van der Waals surface area contributed by atoms with Crippen LogP contribution in [0.4, 0.5) is 26.1 Å². The van der Waals surface area contributed by atoms with Crippen molar-refractivity contribution in [3.8, 4) is 11.1 Å². The summed E-state index contributed by atoms with van der Waals surface area (Å²) in [5, 5.41) is 13.3. The molecule has 0 aliphatic carbocycles. The third-order valence-corrected chi connectivity index (χ3v) is 7.57. The Bertz CT molecular complexity index is 1430. The van der Waals surface area contributed by atoms with Crippen LogP contribution in [0, 0.1) is 24.0 Å². The molecule has 42 heavy (non-hydrogen) atoms. The number of pyridine rings is 2. The van der Waals surface area contributed by atoms with Crippen LogP contribution in [0.1, 0.15) is 70.4 Å². The third-order valence-electron chi connectivity index (χ3n) is 7.57. The Labute approximate surface area is 246 Å². The minimum atomic E-state index is -1.31. The number of rotatable bonds is 9. The Morgan fingerprint density at radius 2 is 1.83 bits per heavy atom. The highest BCUT2D eigenvalue weighted by Crippen LogP contribution is 2.45. The van der Waals surface area contributed by atoms with E-state index in [2.05, 4.69) is 34.0 Å². The van der Waals surface area contributed by atoms with Crippen LogP contribution < -0.4 is 16.0 Å². The van der Waals surface area contributed by atoms with Crippen LogP contribution in [0.5, 0.6) is 0 Å². The van der Waals surface area contributed by atoms with Crippen molar-refractivity contribution in [2.45, 2.75) is 72.5 Å². The van der Waals surface area contributed by atoms with Gasteiger partial charge in [-0.2, -0.15) is 0 Å². The molecule has 1 aliphatic rings. The summed E-state index contributed by atoms with van der Waals surface area (Å²) in [6.45, 7) is 13.3. The van der Waals surface area contributed by atoms with E-state index in [-0.39, 0.29) is 22.9 Å². The molecule has 0 radical (unpaired) electrons. The molecule has 3 heterocycles. The number of carboxylic acids is 1. The molecular weight excluding hydrogens is 540 g/mol. The molecule has 2 aromatic heterocycles. The summed E-state index contributed by atoms with van der Waals surface area (Å²) in [5.74, 6) is -1.81. The number of ether oxygens (including phenoxy) is 1. The number of carbonyl (C=O) groups is 1. The van der Waals surface area contributed by atoms with Crippen molar-refractivity contribution < 1.29 is 23.4 Å². The molecule has 8 nitrogen and oxygen atoms in total. The van der Waals surface area contributed by atoms with E-state index in [0.717, 1.165) is 18.4 Å². The first-order chi connectivity index (χ1) is 19.6. The molecule has 1 atom stereocenters. The van der Waals surface area contributed by atoms with E-state index >= 15 is 4.39 Å². The summed E-state index contributed by atoms with van der Waals surface area (Å²) >= 11 is 0. The van der Waals surface area contributed by atoms with Crippen molar-refractivity contribution in [3.63, 3.8) is 0 Å². The number of aliphatic carboxylic acids is 1. The number of hydrogen-bond acceptors (Lipinski definition) is 7. The molecule has 1 saturated heterocycles. The fraction of sp³-hybridized carbons (Fsp3) is 0.469. The maximum absolute atomic E-state index is 15.4. The number of hydrogen-bond donors (Lipinski definition) is 3. The first-order valence-electron chi connectivity index (χ1n) is 14.2. The van der Waals surface area contributed by atoms with E-state index in [1.54, 1.807) is 39.8 Å². The van der Waals surface area contributed by atoms with E-state index in [9.17, 15) is 14.3 Å². The zero-order valence-corrected chi connectivity index (χ0v) is 25.2. The smallest absolute Gasteiger partial charge is 0.337 e. The Kier molecular flexibility index (Phi) is 9.06. The number of carboxylic acid groups (broad SMARTS) is 1. The average molecular weight is 582 g/mol. The number of aryl methyl sites for hydroxylation is 1. The van der Waals surface area contributed by atoms with Crippen molar-refractivity contribution in [2.75, 3.05) is 35.6 Å². The molecule has 1 aromatic carbocycles. The molecule has 3 aromatic rings. The number of anilines is 3. The molecule has 0 bridgehead atoms. The predicted molar refractivity (Wildman–Crippen MR) is 162 cm³/mol. The van der Waals surface area contributed by atoms with Crippen molar-refractivity contribution in [2.24, 2.45) is 5.41 Å². The number of nitrogens with zero attached hydrogens (tertiary/aromatic N) is 3. The van der Waals surface area contributed by atoms with Gasteiger partial charge in [-0.3, -0.25) is 0 Å². The largest absolute Gasteiger partial charge is 0.479 e. The Morgan fingerprint density at radius 3 is 2.40 bits per heavy atom. The van der Waals surface area contributed by atoms with Crippen LogP contribution >= 0.6 is 0 Å². The van der Waals surface area contributed by atoms with Gasteiger partial charge in [0, 0.05) is 48.2 Å². The average Bonchev–Trinajstić information content (AvgIpc) is 2.89. The number of nitrogens with two attached hydrogens (primary N) is 1. The van der Waals surface area contributed by atoms with Crippen LogP contribution in [0.25, 0.3) is 11.1 Å². The van der Waals surface area contributed by atoms with Gasteiger partial charge in [-0.15, -0.1) is 0 Å². The van der Waals surface area contributed by atoms with E-state index in [1.165, 1.54) is 24.4 Å². The molecular formula is C32H41F2N5O3. The molecule has 0 spiro atoms. The summed E-state index contributed by atoms with van der Waals surface area (Å²) in [6, 6.07) is 7.49. The van der Waals surface area contributed by atoms with Crippen molar-refractivity contribution in [1.29, 1.82) is 0 Å². The summed E-state index contributed by atoms with van der Waals surface area (Å²) in [7, 11) is 0. The van der Waals surface area contributed by atoms with Crippen LogP contribution in [-0.4, -0.2) is 46.3 Å². The zero-order chi connectivity index (χ0) is 30.8. The van der Waals surface area contributed by atoms with Crippen LogP contribution in [0.15, 0.2) is 36.5 Å². The number of benzene rings is 1. The number of aromatic nitrogens is 2.